The predicted molar refractivity (Wildman–Crippen MR) is 39.1 cm³/mol. The van der Waals surface area contributed by atoms with E-state index in [1.165, 1.54) is 4.68 Å². The van der Waals surface area contributed by atoms with Crippen molar-refractivity contribution in [2.45, 2.75) is 19.3 Å². The minimum Gasteiger partial charge on any atom is -0.356 e. The molecule has 1 rings (SSSR count). The molecule has 1 aromatic rings. The highest BCUT2D eigenvalue weighted by Gasteiger charge is 2.05. The molecule has 1 aromatic heterocycles. The van der Waals surface area contributed by atoms with E-state index in [1.54, 1.807) is 14.2 Å². The van der Waals surface area contributed by atoms with Gasteiger partial charge in [-0.2, -0.15) is 0 Å². The predicted octanol–water partition coefficient (Wildman–Crippen LogP) is -0.518. The van der Waals surface area contributed by atoms with Crippen LogP contribution in [0.5, 0.6) is 0 Å². The molecule has 0 aromatic carbocycles. The first kappa shape index (κ1) is 9.08. The molecule has 0 unspecified atom stereocenters. The van der Waals surface area contributed by atoms with Crippen molar-refractivity contribution in [2.75, 3.05) is 14.2 Å². The maximum absolute atomic E-state index is 4.98. The summed E-state index contributed by atoms with van der Waals surface area (Å²) in [4.78, 5) is 0. The molecule has 67 valence electrons. The largest absolute Gasteiger partial charge is 0.356 e. The van der Waals surface area contributed by atoms with Crippen LogP contribution in [0.1, 0.15) is 6.42 Å². The van der Waals surface area contributed by atoms with E-state index in [0.717, 1.165) is 0 Å². The third-order valence-corrected chi connectivity index (χ3v) is 1.46. The van der Waals surface area contributed by atoms with E-state index in [9.17, 15) is 0 Å². The van der Waals surface area contributed by atoms with Gasteiger partial charge in [-0.05, 0) is 10.4 Å². The molecule has 0 atom stereocenters. The summed E-state index contributed by atoms with van der Waals surface area (Å²) >= 11 is 0. The molecule has 0 amide bonds. The highest BCUT2D eigenvalue weighted by atomic mass is 16.7. The molecular weight excluding hydrogens is 160 g/mol. The molecule has 0 N–H and O–H groups in total. The zero-order valence-electron chi connectivity index (χ0n) is 7.10. The number of methoxy groups -OCH3 is 2. The number of hydrogen-bond donors (Lipinski definition) is 0. The number of ether oxygens (including phenoxy) is 2. The lowest BCUT2D eigenvalue weighted by molar-refractivity contribution is -0.108. The van der Waals surface area contributed by atoms with Crippen molar-refractivity contribution in [3.05, 3.63) is 6.33 Å². The number of rotatable bonds is 5. The fourth-order valence-electron chi connectivity index (χ4n) is 0.814. The Labute approximate surface area is 70.5 Å². The first-order chi connectivity index (χ1) is 5.86. The van der Waals surface area contributed by atoms with Gasteiger partial charge in [0.1, 0.15) is 0 Å². The molecule has 0 spiro atoms. The van der Waals surface area contributed by atoms with Gasteiger partial charge in [0.15, 0.2) is 6.29 Å². The summed E-state index contributed by atoms with van der Waals surface area (Å²) in [6.07, 6.45) is 3.07. The number of nitrogens with zero attached hydrogens (tertiary/aromatic N) is 4. The maximum atomic E-state index is 4.98. The number of aromatic nitrogens is 4. The average molecular weight is 171 g/mol. The second kappa shape index (κ2) is 4.78. The van der Waals surface area contributed by atoms with Crippen molar-refractivity contribution in [3.63, 3.8) is 0 Å². The second-order valence-electron chi connectivity index (χ2n) is 2.19. The van der Waals surface area contributed by atoms with Crippen LogP contribution in [0.25, 0.3) is 0 Å². The summed E-state index contributed by atoms with van der Waals surface area (Å²) in [6.45, 7) is 0.638. The van der Waals surface area contributed by atoms with Crippen LogP contribution >= 0.6 is 0 Å². The molecule has 0 saturated carbocycles. The Hall–Kier alpha value is -1.01. The fraction of sp³-hybridized carbons (Fsp3) is 0.833. The lowest BCUT2D eigenvalue weighted by Crippen LogP contribution is -2.16. The van der Waals surface area contributed by atoms with Crippen LogP contribution in [0.4, 0.5) is 0 Å². The molecule has 6 heteroatoms. The van der Waals surface area contributed by atoms with Gasteiger partial charge in [0.2, 0.25) is 6.33 Å². The Morgan fingerprint density at radius 3 is 2.67 bits per heavy atom. The minimum atomic E-state index is -0.206. The van der Waals surface area contributed by atoms with Gasteiger partial charge in [0, 0.05) is 20.6 Å². The van der Waals surface area contributed by atoms with Crippen molar-refractivity contribution < 1.29 is 9.47 Å². The van der Waals surface area contributed by atoms with Crippen molar-refractivity contribution >= 4 is 0 Å². The summed E-state index contributed by atoms with van der Waals surface area (Å²) in [5.41, 5.74) is 0. The normalized spacial score (nSPS) is 10.9. The zero-order chi connectivity index (χ0) is 8.81. The lowest BCUT2D eigenvalue weighted by Gasteiger charge is -2.11. The highest BCUT2D eigenvalue weighted by Crippen LogP contribution is 1.98. The third-order valence-electron chi connectivity index (χ3n) is 1.46. The summed E-state index contributed by atoms with van der Waals surface area (Å²) in [5, 5.41) is 10.5. The molecule has 6 nitrogen and oxygen atoms in total. The van der Waals surface area contributed by atoms with Gasteiger partial charge in [-0.3, -0.25) is 0 Å². The van der Waals surface area contributed by atoms with Crippen LogP contribution in [0.2, 0.25) is 0 Å². The second-order valence-corrected chi connectivity index (χ2v) is 2.19. The highest BCUT2D eigenvalue weighted by molar-refractivity contribution is 4.47. The number of aryl methyl sites for hydroxylation is 1. The first-order valence-corrected chi connectivity index (χ1v) is 3.56. The molecule has 1 heterocycles. The molecule has 0 fully saturated rings. The maximum Gasteiger partial charge on any atom is 0.221 e. The van der Waals surface area contributed by atoms with E-state index in [1.807, 2.05) is 0 Å². The van der Waals surface area contributed by atoms with Gasteiger partial charge in [-0.15, -0.1) is 5.10 Å². The summed E-state index contributed by atoms with van der Waals surface area (Å²) in [5.74, 6) is 0. The molecule has 0 aliphatic carbocycles. The standard InChI is InChI=1S/C6H11N4O2/c1-11-6(12-2)3-4-10-5-7-8-9-10/h6H,3-4H2,1-2H3. The fourth-order valence-corrected chi connectivity index (χ4v) is 0.814. The molecule has 0 aliphatic heterocycles. The Balaban J connectivity index is 2.25. The summed E-state index contributed by atoms with van der Waals surface area (Å²) in [6, 6.07) is 0. The van der Waals surface area contributed by atoms with Gasteiger partial charge >= 0.3 is 0 Å². The number of tetrazole rings is 1. The van der Waals surface area contributed by atoms with E-state index >= 15 is 0 Å². The average Bonchev–Trinajstić information content (AvgIpc) is 2.59. The van der Waals surface area contributed by atoms with Gasteiger partial charge in [0.05, 0.1) is 6.54 Å². The van der Waals surface area contributed by atoms with Crippen LogP contribution < -0.4 is 0 Å². The van der Waals surface area contributed by atoms with Gasteiger partial charge in [0.25, 0.3) is 0 Å². The van der Waals surface area contributed by atoms with Crippen LogP contribution in [-0.4, -0.2) is 40.7 Å². The third kappa shape index (κ3) is 2.55. The van der Waals surface area contributed by atoms with Crippen LogP contribution in [0.15, 0.2) is 0 Å². The molecule has 0 bridgehead atoms. The molecule has 0 aliphatic rings. The molecule has 1 radical (unpaired) electrons. The molecular formula is C6H11N4O2. The smallest absolute Gasteiger partial charge is 0.221 e. The monoisotopic (exact) mass is 171 g/mol. The Kier molecular flexibility index (Phi) is 3.62. The topological polar surface area (TPSA) is 62.1 Å². The van der Waals surface area contributed by atoms with Crippen molar-refractivity contribution in [1.29, 1.82) is 0 Å². The lowest BCUT2D eigenvalue weighted by atomic mass is 10.4. The van der Waals surface area contributed by atoms with Crippen molar-refractivity contribution in [1.82, 2.24) is 20.2 Å². The van der Waals surface area contributed by atoms with Gasteiger partial charge in [-0.25, -0.2) is 4.68 Å². The summed E-state index contributed by atoms with van der Waals surface area (Å²) < 4.78 is 11.5. The first-order valence-electron chi connectivity index (χ1n) is 3.56. The Bertz CT molecular complexity index is 197. The zero-order valence-corrected chi connectivity index (χ0v) is 7.10. The number of hydrogen-bond acceptors (Lipinski definition) is 5. The Morgan fingerprint density at radius 2 is 2.17 bits per heavy atom. The SMILES string of the molecule is COC(CCn1[c]nnn1)OC. The van der Waals surface area contributed by atoms with Gasteiger partial charge < -0.3 is 9.47 Å². The van der Waals surface area contributed by atoms with E-state index in [0.29, 0.717) is 13.0 Å². The van der Waals surface area contributed by atoms with Gasteiger partial charge in [-0.1, -0.05) is 0 Å². The van der Waals surface area contributed by atoms with E-state index in [2.05, 4.69) is 21.9 Å². The molecule has 12 heavy (non-hydrogen) atoms. The quantitative estimate of drug-likeness (QED) is 0.558. The van der Waals surface area contributed by atoms with Crippen LogP contribution in [0, 0.1) is 6.33 Å². The summed E-state index contributed by atoms with van der Waals surface area (Å²) in [7, 11) is 3.19. The van der Waals surface area contributed by atoms with Crippen LogP contribution in [-0.2, 0) is 16.0 Å². The Morgan fingerprint density at radius 1 is 1.42 bits per heavy atom. The van der Waals surface area contributed by atoms with E-state index < -0.39 is 0 Å². The minimum absolute atomic E-state index is 0.206. The van der Waals surface area contributed by atoms with Crippen molar-refractivity contribution in [2.24, 2.45) is 0 Å². The van der Waals surface area contributed by atoms with Crippen molar-refractivity contribution in [3.8, 4) is 0 Å². The molecule has 0 saturated heterocycles. The van der Waals surface area contributed by atoms with E-state index in [4.69, 9.17) is 9.47 Å². The van der Waals surface area contributed by atoms with Crippen LogP contribution in [0.3, 0.4) is 0 Å². The van der Waals surface area contributed by atoms with E-state index in [-0.39, 0.29) is 6.29 Å².